The van der Waals surface area contributed by atoms with E-state index in [0.29, 0.717) is 0 Å². The highest BCUT2D eigenvalue weighted by Crippen LogP contribution is 2.21. The molecule has 3 heteroatoms. The Kier molecular flexibility index (Phi) is 4.31. The summed E-state index contributed by atoms with van der Waals surface area (Å²) in [5.74, 6) is -0.147. The molecule has 0 aliphatic rings. The van der Waals surface area contributed by atoms with Gasteiger partial charge in [0, 0.05) is 10.5 Å². The highest BCUT2D eigenvalue weighted by Gasteiger charge is 2.00. The van der Waals surface area contributed by atoms with Crippen molar-refractivity contribution >= 4 is 33.6 Å². The molecule has 0 aromatic heterocycles. The van der Waals surface area contributed by atoms with Crippen LogP contribution in [0, 0.1) is 0 Å². The number of halogens is 1. The van der Waals surface area contributed by atoms with Crippen LogP contribution >= 0.6 is 15.9 Å². The van der Waals surface area contributed by atoms with Gasteiger partial charge in [0.15, 0.2) is 0 Å². The monoisotopic (exact) mass is 301 g/mol. The minimum atomic E-state index is -0.147. The van der Waals surface area contributed by atoms with E-state index in [4.69, 9.17) is 0 Å². The van der Waals surface area contributed by atoms with Gasteiger partial charge in [0.25, 0.3) is 0 Å². The van der Waals surface area contributed by atoms with Crippen LogP contribution in [0.2, 0.25) is 0 Å². The lowest BCUT2D eigenvalue weighted by Gasteiger charge is -2.03. The Morgan fingerprint density at radius 1 is 1.00 bits per heavy atom. The van der Waals surface area contributed by atoms with Crippen LogP contribution in [0.3, 0.4) is 0 Å². The molecule has 0 heterocycles. The Labute approximate surface area is 114 Å². The minimum absolute atomic E-state index is 0.147. The summed E-state index contributed by atoms with van der Waals surface area (Å²) in [6.45, 7) is 0. The second kappa shape index (κ2) is 6.17. The van der Waals surface area contributed by atoms with Crippen LogP contribution in [0.4, 0.5) is 5.69 Å². The quantitative estimate of drug-likeness (QED) is 0.850. The number of anilines is 1. The average Bonchev–Trinajstić information content (AvgIpc) is 2.40. The van der Waals surface area contributed by atoms with E-state index in [9.17, 15) is 4.79 Å². The van der Waals surface area contributed by atoms with Gasteiger partial charge >= 0.3 is 0 Å². The van der Waals surface area contributed by atoms with Crippen LogP contribution in [0.25, 0.3) is 6.08 Å². The molecule has 0 radical (unpaired) electrons. The number of benzene rings is 2. The van der Waals surface area contributed by atoms with Crippen molar-refractivity contribution < 1.29 is 4.79 Å². The normalized spacial score (nSPS) is 10.5. The zero-order valence-corrected chi connectivity index (χ0v) is 11.2. The lowest BCUT2D eigenvalue weighted by atomic mass is 10.2. The molecule has 1 N–H and O–H groups in total. The van der Waals surface area contributed by atoms with Gasteiger partial charge in [-0.15, -0.1) is 0 Å². The summed E-state index contributed by atoms with van der Waals surface area (Å²) in [4.78, 5) is 11.7. The summed E-state index contributed by atoms with van der Waals surface area (Å²) in [7, 11) is 0. The molecular weight excluding hydrogens is 290 g/mol. The fraction of sp³-hybridized carbons (Fsp3) is 0. The third kappa shape index (κ3) is 3.57. The third-order valence-electron chi connectivity index (χ3n) is 2.36. The third-order valence-corrected chi connectivity index (χ3v) is 3.05. The zero-order chi connectivity index (χ0) is 12.8. The first kappa shape index (κ1) is 12.6. The summed E-state index contributed by atoms with van der Waals surface area (Å²) in [6.07, 6.45) is 3.31. The molecule has 0 atom stereocenters. The Morgan fingerprint density at radius 3 is 2.39 bits per heavy atom. The van der Waals surface area contributed by atoms with Crippen molar-refractivity contribution in [2.24, 2.45) is 0 Å². The number of hydrogen-bond donors (Lipinski definition) is 1. The molecule has 2 aromatic carbocycles. The van der Waals surface area contributed by atoms with Crippen molar-refractivity contribution in [3.8, 4) is 0 Å². The Bertz CT molecular complexity index is 564. The van der Waals surface area contributed by atoms with Crippen molar-refractivity contribution in [2.75, 3.05) is 5.32 Å². The van der Waals surface area contributed by atoms with Gasteiger partial charge in [0.2, 0.25) is 5.91 Å². The van der Waals surface area contributed by atoms with Crippen LogP contribution < -0.4 is 5.32 Å². The van der Waals surface area contributed by atoms with Gasteiger partial charge in [-0.1, -0.05) is 42.5 Å². The first-order chi connectivity index (χ1) is 8.75. The van der Waals surface area contributed by atoms with E-state index in [0.717, 1.165) is 15.7 Å². The second-order valence-electron chi connectivity index (χ2n) is 3.71. The number of para-hydroxylation sites is 1. The fourth-order valence-electron chi connectivity index (χ4n) is 1.47. The summed E-state index contributed by atoms with van der Waals surface area (Å²) in [5.41, 5.74) is 1.76. The molecule has 2 nitrogen and oxygen atoms in total. The topological polar surface area (TPSA) is 29.1 Å². The first-order valence-corrected chi connectivity index (χ1v) is 6.33. The lowest BCUT2D eigenvalue weighted by molar-refractivity contribution is -0.111. The molecule has 0 bridgehead atoms. The molecule has 2 rings (SSSR count). The van der Waals surface area contributed by atoms with Gasteiger partial charge in [-0.2, -0.15) is 0 Å². The molecule has 0 saturated carbocycles. The van der Waals surface area contributed by atoms with Crippen molar-refractivity contribution in [1.29, 1.82) is 0 Å². The van der Waals surface area contributed by atoms with Crippen LogP contribution in [-0.4, -0.2) is 5.91 Å². The minimum Gasteiger partial charge on any atom is -0.321 e. The molecule has 0 aliphatic heterocycles. The van der Waals surface area contributed by atoms with Crippen LogP contribution in [0.5, 0.6) is 0 Å². The smallest absolute Gasteiger partial charge is 0.248 e. The Hall–Kier alpha value is -1.87. The van der Waals surface area contributed by atoms with Crippen molar-refractivity contribution in [3.05, 3.63) is 70.7 Å². The molecule has 0 aliphatic carbocycles. The molecule has 1 amide bonds. The SMILES string of the molecule is O=C(/C=C/c1ccccc1)Nc1ccccc1Br. The van der Waals surface area contributed by atoms with Crippen LogP contribution in [0.15, 0.2) is 65.1 Å². The summed E-state index contributed by atoms with van der Waals surface area (Å²) < 4.78 is 0.867. The molecule has 2 aromatic rings. The van der Waals surface area contributed by atoms with E-state index in [1.54, 1.807) is 6.08 Å². The predicted molar refractivity (Wildman–Crippen MR) is 78.2 cm³/mol. The maximum absolute atomic E-state index is 11.7. The van der Waals surface area contributed by atoms with E-state index in [-0.39, 0.29) is 5.91 Å². The lowest BCUT2D eigenvalue weighted by Crippen LogP contribution is -2.07. The van der Waals surface area contributed by atoms with E-state index in [1.807, 2.05) is 54.6 Å². The molecule has 90 valence electrons. The van der Waals surface area contributed by atoms with E-state index < -0.39 is 0 Å². The number of carbonyl (C=O) groups excluding carboxylic acids is 1. The number of rotatable bonds is 3. The summed E-state index contributed by atoms with van der Waals surface area (Å²) in [6, 6.07) is 17.2. The molecule has 0 unspecified atom stereocenters. The molecule has 0 spiro atoms. The number of carbonyl (C=O) groups is 1. The fourth-order valence-corrected chi connectivity index (χ4v) is 1.86. The van der Waals surface area contributed by atoms with Gasteiger partial charge in [-0.25, -0.2) is 0 Å². The number of nitrogens with one attached hydrogen (secondary N) is 1. The van der Waals surface area contributed by atoms with Gasteiger partial charge < -0.3 is 5.32 Å². The van der Waals surface area contributed by atoms with Crippen molar-refractivity contribution in [3.63, 3.8) is 0 Å². The molecule has 18 heavy (non-hydrogen) atoms. The highest BCUT2D eigenvalue weighted by molar-refractivity contribution is 9.10. The summed E-state index contributed by atoms with van der Waals surface area (Å²) >= 11 is 3.38. The van der Waals surface area contributed by atoms with Crippen molar-refractivity contribution in [2.45, 2.75) is 0 Å². The second-order valence-corrected chi connectivity index (χ2v) is 4.57. The first-order valence-electron chi connectivity index (χ1n) is 5.54. The van der Waals surface area contributed by atoms with Crippen LogP contribution in [0.1, 0.15) is 5.56 Å². The number of amides is 1. The number of hydrogen-bond acceptors (Lipinski definition) is 1. The van der Waals surface area contributed by atoms with Gasteiger partial charge in [0.1, 0.15) is 0 Å². The van der Waals surface area contributed by atoms with Crippen LogP contribution in [-0.2, 0) is 4.79 Å². The Balaban J connectivity index is 2.02. The molecular formula is C15H12BrNO. The maximum Gasteiger partial charge on any atom is 0.248 e. The average molecular weight is 302 g/mol. The van der Waals surface area contributed by atoms with E-state index >= 15 is 0 Å². The molecule has 0 saturated heterocycles. The van der Waals surface area contributed by atoms with Gasteiger partial charge in [-0.3, -0.25) is 4.79 Å². The van der Waals surface area contributed by atoms with Gasteiger partial charge in [0.05, 0.1) is 5.69 Å². The van der Waals surface area contributed by atoms with Crippen molar-refractivity contribution in [1.82, 2.24) is 0 Å². The standard InChI is InChI=1S/C15H12BrNO/c16-13-8-4-5-9-14(13)17-15(18)11-10-12-6-2-1-3-7-12/h1-11H,(H,17,18)/b11-10+. The molecule has 0 fully saturated rings. The van der Waals surface area contributed by atoms with Gasteiger partial charge in [-0.05, 0) is 39.7 Å². The maximum atomic E-state index is 11.7. The highest BCUT2D eigenvalue weighted by atomic mass is 79.9. The predicted octanol–water partition coefficient (Wildman–Crippen LogP) is 4.10. The Morgan fingerprint density at radius 2 is 1.67 bits per heavy atom. The van der Waals surface area contributed by atoms with E-state index in [2.05, 4.69) is 21.2 Å². The largest absolute Gasteiger partial charge is 0.321 e. The zero-order valence-electron chi connectivity index (χ0n) is 9.64. The summed E-state index contributed by atoms with van der Waals surface area (Å²) in [5, 5.41) is 2.81. The van der Waals surface area contributed by atoms with E-state index in [1.165, 1.54) is 6.08 Å².